The fourth-order valence-corrected chi connectivity index (χ4v) is 4.41. The lowest BCUT2D eigenvalue weighted by Crippen LogP contribution is -2.33. The Morgan fingerprint density at radius 3 is 2.86 bits per heavy atom. The average molecular weight is 511 g/mol. The number of hydrogen-bond acceptors (Lipinski definition) is 8. The van der Waals surface area contributed by atoms with Crippen LogP contribution in [0, 0.1) is 0 Å². The highest BCUT2D eigenvalue weighted by molar-refractivity contribution is 6.13. The summed E-state index contributed by atoms with van der Waals surface area (Å²) in [5.41, 5.74) is 7.55. The quantitative estimate of drug-likeness (QED) is 0.473. The van der Waals surface area contributed by atoms with Crippen LogP contribution in [0.25, 0.3) is 11.0 Å². The van der Waals surface area contributed by atoms with Gasteiger partial charge in [-0.25, -0.2) is 19.0 Å². The van der Waals surface area contributed by atoms with Crippen LogP contribution in [0.15, 0.2) is 36.8 Å². The maximum absolute atomic E-state index is 13.4. The molecule has 1 aromatic carbocycles. The lowest BCUT2D eigenvalue weighted by molar-refractivity contribution is -0.127. The van der Waals surface area contributed by atoms with Gasteiger partial charge in [0.05, 0.1) is 23.5 Å². The van der Waals surface area contributed by atoms with E-state index >= 15 is 0 Å². The first-order valence-corrected chi connectivity index (χ1v) is 12.0. The van der Waals surface area contributed by atoms with E-state index in [1.165, 1.54) is 17.3 Å². The summed E-state index contributed by atoms with van der Waals surface area (Å²) in [6.45, 7) is 2.53. The number of benzene rings is 1. The smallest absolute Gasteiger partial charge is 0.277 e. The molecule has 4 rings (SSSR count). The van der Waals surface area contributed by atoms with Gasteiger partial charge < -0.3 is 25.6 Å². The number of nitrogen functional groups attached to an aromatic ring is 1. The van der Waals surface area contributed by atoms with Gasteiger partial charge in [-0.3, -0.25) is 9.59 Å². The monoisotopic (exact) mass is 510 g/mol. The van der Waals surface area contributed by atoms with Gasteiger partial charge in [0, 0.05) is 27.2 Å². The maximum atomic E-state index is 13.4. The van der Waals surface area contributed by atoms with Crippen molar-refractivity contribution in [1.29, 1.82) is 0 Å². The summed E-state index contributed by atoms with van der Waals surface area (Å²) < 4.78 is 20.0. The normalized spacial score (nSPS) is 15.8. The number of nitrogens with zero attached hydrogens (tertiary/aromatic N) is 6. The fourth-order valence-electron chi connectivity index (χ4n) is 4.41. The van der Waals surface area contributed by atoms with Gasteiger partial charge in [0.25, 0.3) is 5.91 Å². The van der Waals surface area contributed by atoms with Crippen molar-refractivity contribution in [3.8, 4) is 5.75 Å². The minimum absolute atomic E-state index is 0.0118. The molecule has 3 aromatic rings. The number of likely N-dealkylation sites (N-methyl/N-ethyl adjacent to an activating group) is 1. The Bertz CT molecular complexity index is 1320. The molecule has 1 fully saturated rings. The van der Waals surface area contributed by atoms with Crippen LogP contribution in [0.1, 0.15) is 41.9 Å². The first-order valence-electron chi connectivity index (χ1n) is 12.0. The number of piperidine rings is 1. The van der Waals surface area contributed by atoms with Gasteiger partial charge in [0.2, 0.25) is 12.8 Å². The van der Waals surface area contributed by atoms with Gasteiger partial charge in [-0.1, -0.05) is 12.1 Å². The van der Waals surface area contributed by atoms with Crippen LogP contribution in [0.5, 0.6) is 5.75 Å². The summed E-state index contributed by atoms with van der Waals surface area (Å²) in [5.74, 6) is -0.444. The number of anilines is 2. The molecule has 1 aliphatic rings. The molecule has 0 radical (unpaired) electrons. The maximum Gasteiger partial charge on any atom is 0.277 e. The number of aromatic nitrogens is 4. The van der Waals surface area contributed by atoms with Crippen molar-refractivity contribution in [3.05, 3.63) is 48.1 Å². The molecule has 1 aliphatic heterocycles. The van der Waals surface area contributed by atoms with E-state index in [-0.39, 0.29) is 41.3 Å². The summed E-state index contributed by atoms with van der Waals surface area (Å²) in [4.78, 5) is 37.6. The number of rotatable bonds is 8. The first kappa shape index (κ1) is 25.9. The van der Waals surface area contributed by atoms with Crippen LogP contribution in [-0.2, 0) is 11.2 Å². The molecule has 1 atom stereocenters. The van der Waals surface area contributed by atoms with Crippen molar-refractivity contribution in [3.63, 3.8) is 0 Å². The molecule has 3 N–H and O–H groups in total. The Kier molecular flexibility index (Phi) is 7.85. The van der Waals surface area contributed by atoms with E-state index in [2.05, 4.69) is 25.3 Å². The van der Waals surface area contributed by atoms with E-state index < -0.39 is 12.8 Å². The highest BCUT2D eigenvalue weighted by atomic mass is 19.1. The molecule has 3 heterocycles. The van der Waals surface area contributed by atoms with Crippen molar-refractivity contribution < 1.29 is 18.7 Å². The number of amides is 2. The molecule has 0 spiro atoms. The van der Waals surface area contributed by atoms with Crippen LogP contribution in [0.2, 0.25) is 0 Å². The number of fused-ring (bicyclic) bond motifs is 1. The Balaban J connectivity index is 1.66. The highest BCUT2D eigenvalue weighted by Crippen LogP contribution is 2.31. The van der Waals surface area contributed by atoms with Crippen molar-refractivity contribution in [2.24, 2.45) is 0 Å². The molecule has 0 aliphatic carbocycles. The lowest BCUT2D eigenvalue weighted by atomic mass is 10.1. The summed E-state index contributed by atoms with van der Waals surface area (Å²) in [6, 6.07) is 4.76. The summed E-state index contributed by atoms with van der Waals surface area (Å²) in [6.07, 6.45) is 7.32. The number of carbonyl (C=O) groups is 2. The molecular formula is C25H31FN8O3. The number of alkyl halides is 1. The SMILES string of the molecule is CC=CN1CCC[C@@H](n2nc(C(=O)Nc3ccc(CC(=O)N(C)C)cc3OCF)c3c(N)ncnc32)C1. The third-order valence-corrected chi connectivity index (χ3v) is 6.23. The standard InChI is InChI=1S/C25H31FN8O3/c1-4-9-33-10-5-6-17(13-33)34-24-21(23(27)28-15-29-24)22(31-34)25(36)30-18-8-7-16(11-19(18)37-14-26)12-20(35)32(2)3/h4,7-9,11,15,17H,5-6,10,12-14H2,1-3H3,(H,30,36)(H2,27,28,29)/t17-/m1/s1. The predicted molar refractivity (Wildman–Crippen MR) is 138 cm³/mol. The van der Waals surface area contributed by atoms with Crippen LogP contribution in [0.3, 0.4) is 0 Å². The van der Waals surface area contributed by atoms with E-state index in [4.69, 9.17) is 10.5 Å². The molecule has 2 aromatic heterocycles. The van der Waals surface area contributed by atoms with Crippen LogP contribution < -0.4 is 15.8 Å². The Labute approximate surface area is 214 Å². The second-order valence-corrected chi connectivity index (χ2v) is 9.03. The van der Waals surface area contributed by atoms with Gasteiger partial charge in [0.1, 0.15) is 17.9 Å². The number of likely N-dealkylation sites (tertiary alicyclic amines) is 1. The Hall–Kier alpha value is -4.22. The van der Waals surface area contributed by atoms with Crippen LogP contribution in [0.4, 0.5) is 15.9 Å². The Morgan fingerprint density at radius 2 is 2.14 bits per heavy atom. The van der Waals surface area contributed by atoms with Gasteiger partial charge in [-0.05, 0) is 43.7 Å². The Morgan fingerprint density at radius 1 is 1.32 bits per heavy atom. The third kappa shape index (κ3) is 5.63. The molecule has 11 nitrogen and oxygen atoms in total. The number of ether oxygens (including phenoxy) is 1. The number of allylic oxidation sites excluding steroid dienone is 1. The molecule has 0 saturated carbocycles. The fraction of sp³-hybridized carbons (Fsp3) is 0.400. The third-order valence-electron chi connectivity index (χ3n) is 6.23. The van der Waals surface area contributed by atoms with Crippen molar-refractivity contribution in [1.82, 2.24) is 29.5 Å². The second-order valence-electron chi connectivity index (χ2n) is 9.03. The molecule has 12 heteroatoms. The minimum atomic E-state index is -1.10. The number of halogens is 1. The minimum Gasteiger partial charge on any atom is -0.461 e. The van der Waals surface area contributed by atoms with E-state index in [9.17, 15) is 14.0 Å². The summed E-state index contributed by atoms with van der Waals surface area (Å²) >= 11 is 0. The molecule has 196 valence electrons. The topological polar surface area (TPSA) is 132 Å². The van der Waals surface area contributed by atoms with Gasteiger partial charge in [-0.2, -0.15) is 5.10 Å². The average Bonchev–Trinajstić information content (AvgIpc) is 3.27. The number of nitrogens with two attached hydrogens (primary N) is 1. The van der Waals surface area contributed by atoms with Crippen molar-refractivity contribution in [2.45, 2.75) is 32.2 Å². The predicted octanol–water partition coefficient (Wildman–Crippen LogP) is 2.77. The first-order chi connectivity index (χ1) is 17.8. The van der Waals surface area contributed by atoms with Crippen LogP contribution in [-0.4, -0.2) is 75.4 Å². The number of carbonyl (C=O) groups excluding carboxylic acids is 2. The zero-order valence-electron chi connectivity index (χ0n) is 21.1. The van der Waals surface area contributed by atoms with Crippen molar-refractivity contribution >= 4 is 34.4 Å². The zero-order valence-corrected chi connectivity index (χ0v) is 21.1. The molecule has 37 heavy (non-hydrogen) atoms. The largest absolute Gasteiger partial charge is 0.461 e. The van der Waals surface area contributed by atoms with Crippen molar-refractivity contribution in [2.75, 3.05) is 45.1 Å². The second kappa shape index (κ2) is 11.2. The van der Waals surface area contributed by atoms with E-state index in [1.807, 2.05) is 19.2 Å². The van der Waals surface area contributed by atoms with Crippen LogP contribution >= 0.6 is 0 Å². The highest BCUT2D eigenvalue weighted by Gasteiger charge is 2.28. The number of nitrogens with one attached hydrogen (secondary N) is 1. The lowest BCUT2D eigenvalue weighted by Gasteiger charge is -2.32. The summed E-state index contributed by atoms with van der Waals surface area (Å²) in [5, 5.41) is 7.72. The molecule has 1 saturated heterocycles. The van der Waals surface area contributed by atoms with Gasteiger partial charge >= 0.3 is 0 Å². The van der Waals surface area contributed by atoms with E-state index in [0.29, 0.717) is 23.1 Å². The molecule has 0 unspecified atom stereocenters. The van der Waals surface area contributed by atoms with Gasteiger partial charge in [0.15, 0.2) is 11.3 Å². The van der Waals surface area contributed by atoms with E-state index in [0.717, 1.165) is 19.4 Å². The molecular weight excluding hydrogens is 479 g/mol. The molecule has 2 amide bonds. The number of hydrogen-bond donors (Lipinski definition) is 2. The zero-order chi connectivity index (χ0) is 26.5. The van der Waals surface area contributed by atoms with Gasteiger partial charge in [-0.15, -0.1) is 0 Å². The summed E-state index contributed by atoms with van der Waals surface area (Å²) in [7, 11) is 3.31. The van der Waals surface area contributed by atoms with E-state index in [1.54, 1.807) is 30.9 Å². The molecule has 0 bridgehead atoms.